The largest absolute Gasteiger partial charge is 0.573 e. The Morgan fingerprint density at radius 2 is 1.65 bits per heavy atom. The molecule has 0 radical (unpaired) electrons. The highest BCUT2D eigenvalue weighted by Gasteiger charge is 2.33. The maximum Gasteiger partial charge on any atom is 0.573 e. The fraction of sp³-hybridized carbons (Fsp3) is 0.333. The smallest absolute Gasteiger partial charge is 0.497 e. The van der Waals surface area contributed by atoms with Gasteiger partial charge in [-0.15, -0.1) is 13.2 Å². The molecule has 0 spiro atoms. The van der Waals surface area contributed by atoms with Crippen LogP contribution in [-0.2, 0) is 0 Å². The highest BCUT2D eigenvalue weighted by atomic mass is 19.4. The molecule has 1 aliphatic rings. The third-order valence-corrected chi connectivity index (χ3v) is 3.92. The Kier molecular flexibility index (Phi) is 5.13. The van der Waals surface area contributed by atoms with Crippen LogP contribution >= 0.6 is 0 Å². The monoisotopic (exact) mass is 369 g/mol. The van der Waals surface area contributed by atoms with Gasteiger partial charge in [0.2, 0.25) is 0 Å². The number of methoxy groups -OCH3 is 2. The number of ether oxygens (including phenoxy) is 4. The van der Waals surface area contributed by atoms with Crippen LogP contribution in [0.15, 0.2) is 36.4 Å². The van der Waals surface area contributed by atoms with Gasteiger partial charge in [0.15, 0.2) is 11.5 Å². The molecule has 140 valence electrons. The molecule has 8 heteroatoms. The molecule has 1 N–H and O–H groups in total. The molecule has 5 nitrogen and oxygen atoms in total. The zero-order valence-corrected chi connectivity index (χ0v) is 14.2. The lowest BCUT2D eigenvalue weighted by atomic mass is 10.0. The Bertz CT molecular complexity index is 776. The van der Waals surface area contributed by atoms with Crippen molar-refractivity contribution in [2.45, 2.75) is 12.5 Å². The molecule has 0 bridgehead atoms. The molecule has 26 heavy (non-hydrogen) atoms. The molecule has 1 heterocycles. The zero-order valence-electron chi connectivity index (χ0n) is 14.2. The Balaban J connectivity index is 2.01. The van der Waals surface area contributed by atoms with Crippen molar-refractivity contribution in [3.05, 3.63) is 36.4 Å². The molecular weight excluding hydrogens is 351 g/mol. The third kappa shape index (κ3) is 4.13. The number of benzene rings is 2. The molecule has 0 unspecified atom stereocenters. The fourth-order valence-corrected chi connectivity index (χ4v) is 2.54. The summed E-state index contributed by atoms with van der Waals surface area (Å²) in [5.74, 6) is 0.701. The van der Waals surface area contributed by atoms with Gasteiger partial charge in [0.25, 0.3) is 0 Å². The van der Waals surface area contributed by atoms with E-state index in [1.807, 2.05) is 0 Å². The second kappa shape index (κ2) is 7.33. The lowest BCUT2D eigenvalue weighted by Crippen LogP contribution is -2.50. The maximum atomic E-state index is 12.8. The average Bonchev–Trinajstić information content (AvgIpc) is 2.57. The molecule has 1 aliphatic heterocycles. The van der Waals surface area contributed by atoms with Crippen LogP contribution in [0.2, 0.25) is 0 Å². The molecule has 2 aromatic carbocycles. The van der Waals surface area contributed by atoms with E-state index in [4.69, 9.17) is 14.2 Å². The summed E-state index contributed by atoms with van der Waals surface area (Å²) in [5.41, 5.74) is 1.06. The topological polar surface area (TPSA) is 49.0 Å². The van der Waals surface area contributed by atoms with Crippen molar-refractivity contribution in [2.75, 3.05) is 27.3 Å². The summed E-state index contributed by atoms with van der Waals surface area (Å²) >= 11 is 0. The number of hydrogen-bond acceptors (Lipinski definition) is 5. The van der Waals surface area contributed by atoms with Crippen molar-refractivity contribution in [3.8, 4) is 34.1 Å². The van der Waals surface area contributed by atoms with E-state index >= 15 is 0 Å². The lowest BCUT2D eigenvalue weighted by molar-refractivity contribution is -0.275. The summed E-state index contributed by atoms with van der Waals surface area (Å²) in [5, 5.41) is 3.00. The van der Waals surface area contributed by atoms with Crippen molar-refractivity contribution >= 4 is 0 Å². The third-order valence-electron chi connectivity index (χ3n) is 3.92. The quantitative estimate of drug-likeness (QED) is 0.843. The van der Waals surface area contributed by atoms with Crippen LogP contribution in [0.4, 0.5) is 13.2 Å². The van der Waals surface area contributed by atoms with Gasteiger partial charge in [0.1, 0.15) is 17.6 Å². The molecule has 0 aromatic heterocycles. The normalized spacial score (nSPS) is 14.5. The van der Waals surface area contributed by atoms with Gasteiger partial charge in [-0.05, 0) is 35.9 Å². The second-order valence-corrected chi connectivity index (χ2v) is 5.67. The van der Waals surface area contributed by atoms with Crippen LogP contribution in [0.3, 0.4) is 0 Å². The van der Waals surface area contributed by atoms with Crippen LogP contribution in [-0.4, -0.2) is 39.8 Å². The first-order chi connectivity index (χ1) is 12.4. The average molecular weight is 369 g/mol. The molecule has 1 fully saturated rings. The minimum atomic E-state index is -4.83. The number of halogens is 3. The van der Waals surface area contributed by atoms with E-state index in [-0.39, 0.29) is 11.9 Å². The van der Waals surface area contributed by atoms with E-state index in [1.54, 1.807) is 24.3 Å². The summed E-state index contributed by atoms with van der Waals surface area (Å²) in [6.45, 7) is 1.16. The van der Waals surface area contributed by atoms with Gasteiger partial charge in [0, 0.05) is 18.7 Å². The predicted molar refractivity (Wildman–Crippen MR) is 89.0 cm³/mol. The van der Waals surface area contributed by atoms with Gasteiger partial charge in [-0.2, -0.15) is 0 Å². The Morgan fingerprint density at radius 1 is 0.923 bits per heavy atom. The number of hydrogen-bond donors (Lipinski definition) is 1. The molecule has 0 saturated carbocycles. The summed E-state index contributed by atoms with van der Waals surface area (Å²) in [7, 11) is 2.99. The summed E-state index contributed by atoms with van der Waals surface area (Å²) < 4.78 is 58.7. The van der Waals surface area contributed by atoms with Gasteiger partial charge >= 0.3 is 6.36 Å². The van der Waals surface area contributed by atoms with Crippen LogP contribution in [0.25, 0.3) is 11.1 Å². The van der Waals surface area contributed by atoms with Gasteiger partial charge in [-0.3, -0.25) is 0 Å². The van der Waals surface area contributed by atoms with Crippen LogP contribution in [0.5, 0.6) is 23.0 Å². The molecule has 0 aliphatic carbocycles. The molecule has 1 saturated heterocycles. The van der Waals surface area contributed by atoms with Gasteiger partial charge in [-0.25, -0.2) is 0 Å². The Labute approximate surface area is 148 Å². The van der Waals surface area contributed by atoms with E-state index in [0.29, 0.717) is 35.7 Å². The van der Waals surface area contributed by atoms with Gasteiger partial charge in [0.05, 0.1) is 14.2 Å². The highest BCUT2D eigenvalue weighted by Crippen LogP contribution is 2.40. The van der Waals surface area contributed by atoms with Gasteiger partial charge in [-0.1, -0.05) is 6.07 Å². The summed E-state index contributed by atoms with van der Waals surface area (Å²) in [6.07, 6.45) is -5.00. The second-order valence-electron chi connectivity index (χ2n) is 5.67. The molecular formula is C18H18F3NO4. The summed E-state index contributed by atoms with van der Waals surface area (Å²) in [4.78, 5) is 0. The minimum Gasteiger partial charge on any atom is -0.497 e. The highest BCUT2D eigenvalue weighted by molar-refractivity contribution is 5.74. The predicted octanol–water partition coefficient (Wildman–Crippen LogP) is 3.62. The number of alkyl halides is 3. The van der Waals surface area contributed by atoms with E-state index in [0.717, 1.165) is 0 Å². The molecule has 2 aromatic rings. The first-order valence-corrected chi connectivity index (χ1v) is 7.89. The number of nitrogens with one attached hydrogen (secondary N) is 1. The lowest BCUT2D eigenvalue weighted by Gasteiger charge is -2.28. The van der Waals surface area contributed by atoms with Crippen molar-refractivity contribution in [2.24, 2.45) is 0 Å². The zero-order chi connectivity index (χ0) is 18.7. The van der Waals surface area contributed by atoms with Crippen molar-refractivity contribution in [1.29, 1.82) is 0 Å². The van der Waals surface area contributed by atoms with Crippen molar-refractivity contribution in [1.82, 2.24) is 5.32 Å². The SMILES string of the molecule is COc1ccc(OC)c(-c2ccc(OC3CNC3)c(OC(F)(F)F)c2)c1. The molecule has 0 amide bonds. The Morgan fingerprint density at radius 3 is 2.23 bits per heavy atom. The first-order valence-electron chi connectivity index (χ1n) is 7.89. The van der Waals surface area contributed by atoms with Gasteiger partial charge < -0.3 is 24.3 Å². The molecule has 3 rings (SSSR count). The minimum absolute atomic E-state index is 0.0411. The van der Waals surface area contributed by atoms with Crippen LogP contribution in [0, 0.1) is 0 Å². The van der Waals surface area contributed by atoms with E-state index in [1.165, 1.54) is 26.4 Å². The van der Waals surface area contributed by atoms with E-state index < -0.39 is 12.1 Å². The fourth-order valence-electron chi connectivity index (χ4n) is 2.54. The Hall–Kier alpha value is -2.61. The van der Waals surface area contributed by atoms with Crippen molar-refractivity contribution in [3.63, 3.8) is 0 Å². The summed E-state index contributed by atoms with van der Waals surface area (Å²) in [6, 6.07) is 9.48. The van der Waals surface area contributed by atoms with Crippen LogP contribution in [0.1, 0.15) is 0 Å². The maximum absolute atomic E-state index is 12.8. The van der Waals surface area contributed by atoms with E-state index in [9.17, 15) is 13.2 Å². The van der Waals surface area contributed by atoms with E-state index in [2.05, 4.69) is 10.1 Å². The standard InChI is InChI=1S/C18H18F3NO4/c1-23-12-4-6-15(24-2)14(8-12)11-3-5-16(25-13-9-22-10-13)17(7-11)26-18(19,20)21/h3-8,13,22H,9-10H2,1-2H3. The van der Waals surface area contributed by atoms with Crippen LogP contribution < -0.4 is 24.3 Å². The molecule has 0 atom stereocenters. The number of rotatable bonds is 6. The first kappa shape index (κ1) is 18.2. The van der Waals surface area contributed by atoms with Crippen molar-refractivity contribution < 1.29 is 32.1 Å².